The van der Waals surface area contributed by atoms with E-state index < -0.39 is 0 Å². The number of nitrogens with zero attached hydrogens (tertiary/aromatic N) is 1. The van der Waals surface area contributed by atoms with Gasteiger partial charge in [-0.05, 0) is 49.6 Å². The largest absolute Gasteiger partial charge is 0.490 e. The third-order valence-electron chi connectivity index (χ3n) is 6.29. The Bertz CT molecular complexity index is 1040. The van der Waals surface area contributed by atoms with Crippen molar-refractivity contribution < 1.29 is 23.9 Å². The van der Waals surface area contributed by atoms with E-state index >= 15 is 0 Å². The van der Waals surface area contributed by atoms with E-state index in [1.807, 2.05) is 13.0 Å². The first-order chi connectivity index (χ1) is 16.5. The highest BCUT2D eigenvalue weighted by Gasteiger charge is 2.39. The van der Waals surface area contributed by atoms with Crippen molar-refractivity contribution in [3.8, 4) is 5.75 Å². The van der Waals surface area contributed by atoms with E-state index in [0.29, 0.717) is 42.0 Å². The maximum absolute atomic E-state index is 13.3. The van der Waals surface area contributed by atoms with Crippen molar-refractivity contribution in [1.82, 2.24) is 10.2 Å². The summed E-state index contributed by atoms with van der Waals surface area (Å²) in [6, 6.07) is 13.8. The van der Waals surface area contributed by atoms with Crippen LogP contribution in [0.1, 0.15) is 53.3 Å². The number of hydrogen-bond donors (Lipinski definition) is 2. The molecule has 4 rings (SSSR count). The van der Waals surface area contributed by atoms with Crippen LogP contribution in [-0.4, -0.2) is 61.1 Å². The molecule has 0 bridgehead atoms. The van der Waals surface area contributed by atoms with Crippen LogP contribution in [0.25, 0.3) is 0 Å². The van der Waals surface area contributed by atoms with Crippen molar-refractivity contribution in [3.05, 3.63) is 59.7 Å². The fourth-order valence-electron chi connectivity index (χ4n) is 4.44. The maximum Gasteiger partial charge on any atom is 0.257 e. The highest BCUT2D eigenvalue weighted by atomic mass is 16.5. The molecule has 8 nitrogen and oxygen atoms in total. The number of carbonyl (C=O) groups excluding carboxylic acids is 3. The van der Waals surface area contributed by atoms with Crippen LogP contribution in [0.15, 0.2) is 48.5 Å². The van der Waals surface area contributed by atoms with Crippen LogP contribution in [0.2, 0.25) is 0 Å². The molecule has 2 aromatic rings. The van der Waals surface area contributed by atoms with E-state index in [1.54, 1.807) is 54.4 Å². The molecule has 0 unspecified atom stereocenters. The summed E-state index contributed by atoms with van der Waals surface area (Å²) < 4.78 is 12.2. The first kappa shape index (κ1) is 23.8. The first-order valence-electron chi connectivity index (χ1n) is 11.8. The summed E-state index contributed by atoms with van der Waals surface area (Å²) in [6.45, 7) is 2.94. The Kier molecular flexibility index (Phi) is 7.47. The lowest BCUT2D eigenvalue weighted by molar-refractivity contribution is -0.134. The normalized spacial score (nSPS) is 21.9. The van der Waals surface area contributed by atoms with Gasteiger partial charge in [0.25, 0.3) is 11.8 Å². The molecule has 2 aromatic carbocycles. The lowest BCUT2D eigenvalue weighted by Gasteiger charge is -2.42. The van der Waals surface area contributed by atoms with Crippen molar-refractivity contribution in [2.24, 2.45) is 0 Å². The first-order valence-corrected chi connectivity index (χ1v) is 11.8. The fraction of sp³-hybridized carbons (Fsp3) is 0.423. The van der Waals surface area contributed by atoms with Gasteiger partial charge in [-0.3, -0.25) is 14.4 Å². The Balaban J connectivity index is 1.46. The molecular weight excluding hydrogens is 434 g/mol. The average Bonchev–Trinajstić information content (AvgIpc) is 2.85. The number of rotatable bonds is 6. The Labute approximate surface area is 199 Å². The van der Waals surface area contributed by atoms with E-state index in [9.17, 15) is 14.4 Å². The molecule has 1 fully saturated rings. The van der Waals surface area contributed by atoms with Gasteiger partial charge in [-0.25, -0.2) is 0 Å². The number of likely N-dealkylation sites (N-methyl/N-ethyl adjacent to an activating group) is 1. The second kappa shape index (κ2) is 10.7. The summed E-state index contributed by atoms with van der Waals surface area (Å²) in [5.74, 6) is -0.0116. The summed E-state index contributed by atoms with van der Waals surface area (Å²) in [5.41, 5.74) is 1.45. The van der Waals surface area contributed by atoms with Crippen molar-refractivity contribution in [3.63, 3.8) is 0 Å². The monoisotopic (exact) mass is 465 g/mol. The Hall–Kier alpha value is -3.39. The van der Waals surface area contributed by atoms with Gasteiger partial charge >= 0.3 is 0 Å². The molecule has 0 aliphatic carbocycles. The fourth-order valence-corrected chi connectivity index (χ4v) is 4.44. The molecule has 180 valence electrons. The third kappa shape index (κ3) is 5.39. The number of hydrogen-bond acceptors (Lipinski definition) is 5. The van der Waals surface area contributed by atoms with Crippen LogP contribution in [0.4, 0.5) is 5.69 Å². The molecule has 34 heavy (non-hydrogen) atoms. The zero-order valence-electron chi connectivity index (χ0n) is 19.6. The summed E-state index contributed by atoms with van der Waals surface area (Å²) in [6.07, 6.45) is 2.10. The maximum atomic E-state index is 13.3. The summed E-state index contributed by atoms with van der Waals surface area (Å²) in [7, 11) is 1.77. The number of amides is 3. The van der Waals surface area contributed by atoms with Crippen LogP contribution >= 0.6 is 0 Å². The molecule has 0 saturated carbocycles. The standard InChI is InChI=1S/C26H31N3O5/c1-3-13-27-24(30)15-19-10-11-21-23(34-19)16-33-22-12-9-18(14-20(22)26(32)29(21)2)28-25(31)17-7-5-4-6-8-17/h4-9,12,14,19,21,23H,3,10-11,13,15-16H2,1-2H3,(H,27,30)(H,28,31)/t19-,21+,23+/m1/s1. The van der Waals surface area contributed by atoms with Crippen LogP contribution in [0.3, 0.4) is 0 Å². The minimum atomic E-state index is -0.322. The SMILES string of the molecule is CCCNC(=O)C[C@H]1CC[C@H]2[C@H](COc3ccc(NC(=O)c4ccccc4)cc3C(=O)N2C)O1. The summed E-state index contributed by atoms with van der Waals surface area (Å²) in [5, 5.41) is 5.73. The molecule has 8 heteroatoms. The molecule has 0 spiro atoms. The zero-order valence-corrected chi connectivity index (χ0v) is 19.6. The van der Waals surface area contributed by atoms with Gasteiger partial charge in [-0.1, -0.05) is 25.1 Å². The van der Waals surface area contributed by atoms with Gasteiger partial charge in [0.05, 0.1) is 24.1 Å². The van der Waals surface area contributed by atoms with Crippen molar-refractivity contribution in [2.75, 3.05) is 25.5 Å². The Morgan fingerprint density at radius 2 is 1.91 bits per heavy atom. The predicted octanol–water partition coefficient (Wildman–Crippen LogP) is 3.24. The lowest BCUT2D eigenvalue weighted by atomic mass is 9.94. The number of benzene rings is 2. The van der Waals surface area contributed by atoms with Gasteiger partial charge < -0.3 is 25.0 Å². The molecule has 2 aliphatic rings. The van der Waals surface area contributed by atoms with Crippen molar-refractivity contribution >= 4 is 23.4 Å². The number of carbonyl (C=O) groups is 3. The van der Waals surface area contributed by atoms with Crippen LogP contribution < -0.4 is 15.4 Å². The van der Waals surface area contributed by atoms with Crippen molar-refractivity contribution in [2.45, 2.75) is 50.9 Å². The second-order valence-electron chi connectivity index (χ2n) is 8.75. The van der Waals surface area contributed by atoms with Gasteiger partial charge in [0.1, 0.15) is 18.5 Å². The van der Waals surface area contributed by atoms with Crippen molar-refractivity contribution in [1.29, 1.82) is 0 Å². The number of nitrogens with one attached hydrogen (secondary N) is 2. The Morgan fingerprint density at radius 1 is 1.12 bits per heavy atom. The highest BCUT2D eigenvalue weighted by molar-refractivity contribution is 6.05. The van der Waals surface area contributed by atoms with E-state index in [2.05, 4.69) is 10.6 Å². The molecule has 3 atom stereocenters. The molecule has 3 amide bonds. The number of anilines is 1. The van der Waals surface area contributed by atoms with Gasteiger partial charge in [-0.15, -0.1) is 0 Å². The minimum Gasteiger partial charge on any atom is -0.490 e. The van der Waals surface area contributed by atoms with E-state index in [4.69, 9.17) is 9.47 Å². The molecule has 0 radical (unpaired) electrons. The molecule has 2 heterocycles. The van der Waals surface area contributed by atoms with Crippen LogP contribution in [0, 0.1) is 0 Å². The molecule has 0 aromatic heterocycles. The van der Waals surface area contributed by atoms with Crippen LogP contribution in [-0.2, 0) is 9.53 Å². The third-order valence-corrected chi connectivity index (χ3v) is 6.29. The predicted molar refractivity (Wildman–Crippen MR) is 128 cm³/mol. The molecular formula is C26H31N3O5. The Morgan fingerprint density at radius 3 is 2.68 bits per heavy atom. The zero-order chi connectivity index (χ0) is 24.1. The molecule has 1 saturated heterocycles. The van der Waals surface area contributed by atoms with Crippen LogP contribution in [0.5, 0.6) is 5.75 Å². The van der Waals surface area contributed by atoms with Gasteiger partial charge in [-0.2, -0.15) is 0 Å². The van der Waals surface area contributed by atoms with Gasteiger partial charge in [0.2, 0.25) is 5.91 Å². The second-order valence-corrected chi connectivity index (χ2v) is 8.75. The number of fused-ring (bicyclic) bond motifs is 2. The average molecular weight is 466 g/mol. The van der Waals surface area contributed by atoms with E-state index in [-0.39, 0.29) is 42.6 Å². The summed E-state index contributed by atoms with van der Waals surface area (Å²) in [4.78, 5) is 39.7. The number of ether oxygens (including phenoxy) is 2. The highest BCUT2D eigenvalue weighted by Crippen LogP contribution is 2.32. The lowest BCUT2D eigenvalue weighted by Crippen LogP contribution is -2.54. The topological polar surface area (TPSA) is 97.0 Å². The van der Waals surface area contributed by atoms with E-state index in [1.165, 1.54) is 0 Å². The van der Waals surface area contributed by atoms with Gasteiger partial charge in [0, 0.05) is 24.8 Å². The smallest absolute Gasteiger partial charge is 0.257 e. The summed E-state index contributed by atoms with van der Waals surface area (Å²) >= 11 is 0. The molecule has 2 N–H and O–H groups in total. The quantitative estimate of drug-likeness (QED) is 0.683. The molecule has 2 aliphatic heterocycles. The van der Waals surface area contributed by atoms with E-state index in [0.717, 1.165) is 12.8 Å². The minimum absolute atomic E-state index is 0.0167. The van der Waals surface area contributed by atoms with Gasteiger partial charge in [0.15, 0.2) is 0 Å².